The number of pyridine rings is 1. The lowest BCUT2D eigenvalue weighted by atomic mass is 10.1. The molecule has 0 saturated carbocycles. The van der Waals surface area contributed by atoms with Crippen molar-refractivity contribution in [3.05, 3.63) is 72.1 Å². The fourth-order valence-electron chi connectivity index (χ4n) is 3.40. The van der Waals surface area contributed by atoms with Crippen molar-refractivity contribution in [1.82, 2.24) is 14.9 Å². The van der Waals surface area contributed by atoms with Crippen molar-refractivity contribution in [1.29, 1.82) is 0 Å². The number of fused-ring (bicyclic) bond motifs is 2. The van der Waals surface area contributed by atoms with E-state index in [0.717, 1.165) is 36.4 Å². The van der Waals surface area contributed by atoms with Crippen LogP contribution in [0, 0.1) is 0 Å². The highest BCUT2D eigenvalue weighted by Gasteiger charge is 2.11. The molecule has 4 nitrogen and oxygen atoms in total. The Morgan fingerprint density at radius 2 is 1.96 bits per heavy atom. The molecule has 0 aliphatic heterocycles. The Hall–Kier alpha value is -2.85. The largest absolute Gasteiger partial charge is 0.497 e. The Labute approximate surface area is 153 Å². The molecule has 0 aliphatic carbocycles. The van der Waals surface area contributed by atoms with E-state index in [0.29, 0.717) is 0 Å². The molecule has 0 amide bonds. The van der Waals surface area contributed by atoms with Crippen LogP contribution in [-0.4, -0.2) is 28.5 Å². The van der Waals surface area contributed by atoms with E-state index in [-0.39, 0.29) is 0 Å². The molecule has 4 heteroatoms. The van der Waals surface area contributed by atoms with Crippen molar-refractivity contribution in [2.45, 2.75) is 20.0 Å². The van der Waals surface area contributed by atoms with E-state index in [1.54, 1.807) is 7.11 Å². The molecule has 1 N–H and O–H groups in total. The van der Waals surface area contributed by atoms with Crippen molar-refractivity contribution in [2.24, 2.45) is 0 Å². The average Bonchev–Trinajstić information content (AvgIpc) is 3.09. The Morgan fingerprint density at radius 3 is 2.81 bits per heavy atom. The second-order valence-corrected chi connectivity index (χ2v) is 6.56. The van der Waals surface area contributed by atoms with Crippen LogP contribution in [0.5, 0.6) is 5.75 Å². The number of aromatic amines is 1. The van der Waals surface area contributed by atoms with Crippen molar-refractivity contribution in [2.75, 3.05) is 13.7 Å². The van der Waals surface area contributed by atoms with Crippen LogP contribution in [0.1, 0.15) is 18.1 Å². The van der Waals surface area contributed by atoms with E-state index < -0.39 is 0 Å². The quantitative estimate of drug-likeness (QED) is 0.548. The molecule has 132 valence electrons. The monoisotopic (exact) mass is 345 g/mol. The van der Waals surface area contributed by atoms with Crippen LogP contribution in [0.15, 0.2) is 60.9 Å². The van der Waals surface area contributed by atoms with Gasteiger partial charge < -0.3 is 9.72 Å². The molecule has 0 spiro atoms. The van der Waals surface area contributed by atoms with Crippen LogP contribution >= 0.6 is 0 Å². The number of para-hydroxylation sites is 1. The van der Waals surface area contributed by atoms with E-state index in [2.05, 4.69) is 64.4 Å². The summed E-state index contributed by atoms with van der Waals surface area (Å²) < 4.78 is 5.38. The first-order chi connectivity index (χ1) is 12.8. The summed E-state index contributed by atoms with van der Waals surface area (Å²) in [4.78, 5) is 10.4. The molecule has 0 atom stereocenters. The minimum Gasteiger partial charge on any atom is -0.497 e. The van der Waals surface area contributed by atoms with Crippen LogP contribution in [-0.2, 0) is 13.1 Å². The number of H-pyrrole nitrogens is 1. The molecule has 0 radical (unpaired) electrons. The van der Waals surface area contributed by atoms with Crippen LogP contribution < -0.4 is 4.74 Å². The van der Waals surface area contributed by atoms with Crippen LogP contribution in [0.3, 0.4) is 0 Å². The Bertz CT molecular complexity index is 1040. The number of rotatable bonds is 6. The Kier molecular flexibility index (Phi) is 4.59. The van der Waals surface area contributed by atoms with Gasteiger partial charge in [0.1, 0.15) is 5.75 Å². The number of aromatic nitrogens is 2. The summed E-state index contributed by atoms with van der Waals surface area (Å²) in [5, 5.41) is 2.41. The van der Waals surface area contributed by atoms with Crippen molar-refractivity contribution >= 4 is 21.8 Å². The molecular formula is C22H23N3O. The first kappa shape index (κ1) is 16.6. The van der Waals surface area contributed by atoms with Gasteiger partial charge in [-0.15, -0.1) is 0 Å². The summed E-state index contributed by atoms with van der Waals surface area (Å²) >= 11 is 0. The normalized spacial score (nSPS) is 11.5. The predicted octanol–water partition coefficient (Wildman–Crippen LogP) is 4.75. The zero-order chi connectivity index (χ0) is 17.9. The van der Waals surface area contributed by atoms with Gasteiger partial charge in [-0.05, 0) is 48.0 Å². The zero-order valence-corrected chi connectivity index (χ0v) is 15.2. The number of hydrogen-bond donors (Lipinski definition) is 1. The fraction of sp³-hybridized carbons (Fsp3) is 0.227. The van der Waals surface area contributed by atoms with E-state index in [4.69, 9.17) is 4.74 Å². The van der Waals surface area contributed by atoms with E-state index in [1.165, 1.54) is 21.9 Å². The Morgan fingerprint density at radius 1 is 1.08 bits per heavy atom. The van der Waals surface area contributed by atoms with Gasteiger partial charge in [0.15, 0.2) is 0 Å². The van der Waals surface area contributed by atoms with Crippen molar-refractivity contribution < 1.29 is 4.74 Å². The lowest BCUT2D eigenvalue weighted by Gasteiger charge is -2.20. The first-order valence-corrected chi connectivity index (χ1v) is 8.97. The number of methoxy groups -OCH3 is 1. The summed E-state index contributed by atoms with van der Waals surface area (Å²) in [7, 11) is 1.71. The van der Waals surface area contributed by atoms with Crippen LogP contribution in [0.25, 0.3) is 21.8 Å². The minimum absolute atomic E-state index is 0.880. The molecule has 0 bridgehead atoms. The Balaban J connectivity index is 1.57. The SMILES string of the molecule is CCN(Cc1cnc2ccccc2c1)Cc1c[nH]c2ccc(OC)cc12. The third-order valence-corrected chi connectivity index (χ3v) is 4.87. The standard InChI is InChI=1S/C22H23N3O/c1-3-25(14-16-10-17-6-4-5-7-21(17)23-12-16)15-18-13-24-22-9-8-19(26-2)11-20(18)22/h4-13,24H,3,14-15H2,1-2H3. The summed E-state index contributed by atoms with van der Waals surface area (Å²) in [5.74, 6) is 0.889. The molecule has 0 aliphatic rings. The number of ether oxygens (including phenoxy) is 1. The first-order valence-electron chi connectivity index (χ1n) is 8.97. The van der Waals surface area contributed by atoms with E-state index in [1.807, 2.05) is 18.3 Å². The summed E-state index contributed by atoms with van der Waals surface area (Å²) in [6.07, 6.45) is 4.09. The summed E-state index contributed by atoms with van der Waals surface area (Å²) in [6.45, 7) is 4.94. The van der Waals surface area contributed by atoms with Crippen LogP contribution in [0.2, 0.25) is 0 Å². The highest BCUT2D eigenvalue weighted by molar-refractivity contribution is 5.84. The number of hydrogen-bond acceptors (Lipinski definition) is 3. The molecule has 4 rings (SSSR count). The van der Waals surface area contributed by atoms with Gasteiger partial charge in [0.05, 0.1) is 12.6 Å². The lowest BCUT2D eigenvalue weighted by molar-refractivity contribution is 0.272. The van der Waals surface area contributed by atoms with Gasteiger partial charge in [-0.25, -0.2) is 0 Å². The molecule has 0 fully saturated rings. The third-order valence-electron chi connectivity index (χ3n) is 4.87. The fourth-order valence-corrected chi connectivity index (χ4v) is 3.40. The molecule has 4 aromatic rings. The minimum atomic E-state index is 0.880. The highest BCUT2D eigenvalue weighted by Crippen LogP contribution is 2.25. The van der Waals surface area contributed by atoms with E-state index in [9.17, 15) is 0 Å². The molecule has 26 heavy (non-hydrogen) atoms. The molecule has 2 aromatic carbocycles. The molecule has 2 aromatic heterocycles. The summed E-state index contributed by atoms with van der Waals surface area (Å²) in [6, 6.07) is 16.7. The lowest BCUT2D eigenvalue weighted by Crippen LogP contribution is -2.22. The van der Waals surface area contributed by atoms with Gasteiger partial charge in [0.2, 0.25) is 0 Å². The van der Waals surface area contributed by atoms with Crippen molar-refractivity contribution in [3.63, 3.8) is 0 Å². The second-order valence-electron chi connectivity index (χ2n) is 6.56. The van der Waals surface area contributed by atoms with Gasteiger partial charge >= 0.3 is 0 Å². The van der Waals surface area contributed by atoms with Crippen molar-refractivity contribution in [3.8, 4) is 5.75 Å². The molecular weight excluding hydrogens is 322 g/mol. The van der Waals surface area contributed by atoms with Gasteiger partial charge in [-0.3, -0.25) is 9.88 Å². The maximum atomic E-state index is 5.38. The van der Waals surface area contributed by atoms with Crippen LogP contribution in [0.4, 0.5) is 0 Å². The number of nitrogens with zero attached hydrogens (tertiary/aromatic N) is 2. The number of benzene rings is 2. The molecule has 0 unspecified atom stereocenters. The second kappa shape index (κ2) is 7.18. The third kappa shape index (κ3) is 3.28. The topological polar surface area (TPSA) is 41.2 Å². The van der Waals surface area contributed by atoms with Gasteiger partial charge in [0, 0.05) is 41.8 Å². The molecule has 0 saturated heterocycles. The maximum absolute atomic E-state index is 5.38. The van der Waals surface area contributed by atoms with Gasteiger partial charge in [-0.1, -0.05) is 25.1 Å². The summed E-state index contributed by atoms with van der Waals surface area (Å²) in [5.41, 5.74) is 4.71. The van der Waals surface area contributed by atoms with Gasteiger partial charge in [0.25, 0.3) is 0 Å². The zero-order valence-electron chi connectivity index (χ0n) is 15.2. The smallest absolute Gasteiger partial charge is 0.119 e. The predicted molar refractivity (Wildman–Crippen MR) is 106 cm³/mol. The maximum Gasteiger partial charge on any atom is 0.119 e. The highest BCUT2D eigenvalue weighted by atomic mass is 16.5. The van der Waals surface area contributed by atoms with Gasteiger partial charge in [-0.2, -0.15) is 0 Å². The average molecular weight is 345 g/mol. The number of nitrogens with one attached hydrogen (secondary N) is 1. The molecule has 2 heterocycles. The van der Waals surface area contributed by atoms with E-state index >= 15 is 0 Å².